The lowest BCUT2D eigenvalue weighted by Gasteiger charge is -2.09. The van der Waals surface area contributed by atoms with Crippen molar-refractivity contribution in [2.75, 3.05) is 7.11 Å². The van der Waals surface area contributed by atoms with E-state index in [4.69, 9.17) is 14.6 Å². The van der Waals surface area contributed by atoms with Gasteiger partial charge in [-0.1, -0.05) is 18.2 Å². The van der Waals surface area contributed by atoms with Crippen LogP contribution in [0.2, 0.25) is 0 Å². The maximum Gasteiger partial charge on any atom is 0.339 e. The van der Waals surface area contributed by atoms with Crippen LogP contribution >= 0.6 is 0 Å². The van der Waals surface area contributed by atoms with E-state index in [1.54, 1.807) is 12.1 Å². The Kier molecular flexibility index (Phi) is 3.48. The van der Waals surface area contributed by atoms with Crippen LogP contribution in [0.5, 0.6) is 17.2 Å². The lowest BCUT2D eigenvalue weighted by Crippen LogP contribution is -2.00. The minimum atomic E-state index is -1.03. The summed E-state index contributed by atoms with van der Waals surface area (Å²) in [6, 6.07) is 13.8. The number of benzene rings is 2. The zero-order valence-electron chi connectivity index (χ0n) is 9.79. The van der Waals surface area contributed by atoms with Crippen molar-refractivity contribution in [3.8, 4) is 17.2 Å². The Balaban J connectivity index is 2.28. The number of hydrogen-bond acceptors (Lipinski definition) is 3. The lowest BCUT2D eigenvalue weighted by atomic mass is 10.2. The third-order valence-corrected chi connectivity index (χ3v) is 2.38. The maximum absolute atomic E-state index is 10.9. The Hall–Kier alpha value is -2.49. The SMILES string of the molecule is COc1cc(Oc2ccccc2)ccc1C(=O)O. The molecule has 4 nitrogen and oxygen atoms in total. The molecule has 0 spiro atoms. The number of para-hydroxylation sites is 1. The van der Waals surface area contributed by atoms with Crippen LogP contribution in [0.15, 0.2) is 48.5 Å². The number of aromatic carboxylic acids is 1. The van der Waals surface area contributed by atoms with Gasteiger partial charge in [-0.25, -0.2) is 4.79 Å². The van der Waals surface area contributed by atoms with Crippen molar-refractivity contribution >= 4 is 5.97 Å². The molecule has 18 heavy (non-hydrogen) atoms. The molecule has 0 atom stereocenters. The normalized spacial score (nSPS) is 9.83. The summed E-state index contributed by atoms with van der Waals surface area (Å²) in [6.45, 7) is 0. The Morgan fingerprint density at radius 3 is 2.39 bits per heavy atom. The van der Waals surface area contributed by atoms with E-state index in [1.165, 1.54) is 13.2 Å². The number of rotatable bonds is 4. The fourth-order valence-electron chi connectivity index (χ4n) is 1.54. The molecule has 0 bridgehead atoms. The Labute approximate surface area is 104 Å². The number of carbonyl (C=O) groups is 1. The number of carboxylic acid groups (broad SMARTS) is 1. The molecular formula is C14H12O4. The summed E-state index contributed by atoms with van der Waals surface area (Å²) >= 11 is 0. The molecule has 0 aromatic heterocycles. The second kappa shape index (κ2) is 5.23. The summed E-state index contributed by atoms with van der Waals surface area (Å²) in [5.74, 6) is 0.458. The molecular weight excluding hydrogens is 232 g/mol. The summed E-state index contributed by atoms with van der Waals surface area (Å²) in [7, 11) is 1.42. The highest BCUT2D eigenvalue weighted by Crippen LogP contribution is 2.28. The molecule has 0 aliphatic rings. The van der Waals surface area contributed by atoms with Crippen LogP contribution in [0, 0.1) is 0 Å². The van der Waals surface area contributed by atoms with Gasteiger partial charge in [0.1, 0.15) is 22.8 Å². The van der Waals surface area contributed by atoms with E-state index in [1.807, 2.05) is 30.3 Å². The third kappa shape index (κ3) is 2.60. The molecule has 0 saturated carbocycles. The van der Waals surface area contributed by atoms with Crippen molar-refractivity contribution in [2.45, 2.75) is 0 Å². The van der Waals surface area contributed by atoms with Gasteiger partial charge < -0.3 is 14.6 Å². The predicted molar refractivity (Wildman–Crippen MR) is 66.5 cm³/mol. The zero-order chi connectivity index (χ0) is 13.0. The van der Waals surface area contributed by atoms with Gasteiger partial charge >= 0.3 is 5.97 Å². The highest BCUT2D eigenvalue weighted by molar-refractivity contribution is 5.91. The Morgan fingerprint density at radius 2 is 1.78 bits per heavy atom. The molecule has 0 aliphatic heterocycles. The van der Waals surface area contributed by atoms with Gasteiger partial charge in [0.15, 0.2) is 0 Å². The van der Waals surface area contributed by atoms with E-state index < -0.39 is 5.97 Å². The van der Waals surface area contributed by atoms with Crippen LogP contribution in [0.1, 0.15) is 10.4 Å². The van der Waals surface area contributed by atoms with Crippen LogP contribution in [-0.4, -0.2) is 18.2 Å². The highest BCUT2D eigenvalue weighted by Gasteiger charge is 2.11. The second-order valence-corrected chi connectivity index (χ2v) is 3.58. The molecule has 4 heteroatoms. The van der Waals surface area contributed by atoms with Crippen LogP contribution in [0.25, 0.3) is 0 Å². The monoisotopic (exact) mass is 244 g/mol. The van der Waals surface area contributed by atoms with Gasteiger partial charge in [0, 0.05) is 6.07 Å². The van der Waals surface area contributed by atoms with E-state index in [9.17, 15) is 4.79 Å². The summed E-state index contributed by atoms with van der Waals surface area (Å²) in [5, 5.41) is 8.96. The van der Waals surface area contributed by atoms with Gasteiger partial charge in [0.2, 0.25) is 0 Å². The van der Waals surface area contributed by atoms with Gasteiger partial charge in [-0.2, -0.15) is 0 Å². The minimum absolute atomic E-state index is 0.109. The van der Waals surface area contributed by atoms with Gasteiger partial charge in [-0.3, -0.25) is 0 Å². The lowest BCUT2D eigenvalue weighted by molar-refractivity contribution is 0.0693. The van der Waals surface area contributed by atoms with Crippen LogP contribution in [0.4, 0.5) is 0 Å². The van der Waals surface area contributed by atoms with Crippen molar-refractivity contribution in [3.05, 3.63) is 54.1 Å². The van der Waals surface area contributed by atoms with E-state index >= 15 is 0 Å². The van der Waals surface area contributed by atoms with E-state index in [0.717, 1.165) is 0 Å². The molecule has 2 aromatic carbocycles. The van der Waals surface area contributed by atoms with E-state index in [2.05, 4.69) is 0 Å². The maximum atomic E-state index is 10.9. The number of hydrogen-bond donors (Lipinski definition) is 1. The smallest absolute Gasteiger partial charge is 0.339 e. The topological polar surface area (TPSA) is 55.8 Å². The molecule has 1 N–H and O–H groups in total. The standard InChI is InChI=1S/C14H12O4/c1-17-13-9-11(7-8-12(13)14(15)16)18-10-5-3-2-4-6-10/h2-9H,1H3,(H,15,16). The molecule has 0 unspecified atom stereocenters. The molecule has 0 amide bonds. The van der Waals surface area contributed by atoms with Gasteiger partial charge in [-0.15, -0.1) is 0 Å². The summed E-state index contributed by atoms with van der Waals surface area (Å²) in [6.07, 6.45) is 0. The van der Waals surface area contributed by atoms with Gasteiger partial charge in [-0.05, 0) is 24.3 Å². The molecule has 0 saturated heterocycles. The third-order valence-electron chi connectivity index (χ3n) is 2.38. The first-order valence-corrected chi connectivity index (χ1v) is 5.35. The fourth-order valence-corrected chi connectivity index (χ4v) is 1.54. The summed E-state index contributed by atoms with van der Waals surface area (Å²) in [5.41, 5.74) is 0.109. The van der Waals surface area contributed by atoms with Crippen LogP contribution in [-0.2, 0) is 0 Å². The van der Waals surface area contributed by atoms with E-state index in [-0.39, 0.29) is 11.3 Å². The van der Waals surface area contributed by atoms with Crippen molar-refractivity contribution in [3.63, 3.8) is 0 Å². The van der Waals surface area contributed by atoms with Gasteiger partial charge in [0.05, 0.1) is 7.11 Å². The molecule has 92 valence electrons. The average Bonchev–Trinajstić information content (AvgIpc) is 2.39. The molecule has 2 aromatic rings. The second-order valence-electron chi connectivity index (χ2n) is 3.58. The van der Waals surface area contributed by atoms with Crippen molar-refractivity contribution in [1.29, 1.82) is 0 Å². The molecule has 0 aliphatic carbocycles. The van der Waals surface area contributed by atoms with Crippen LogP contribution < -0.4 is 9.47 Å². The quantitative estimate of drug-likeness (QED) is 0.897. The predicted octanol–water partition coefficient (Wildman–Crippen LogP) is 3.19. The number of ether oxygens (including phenoxy) is 2. The molecule has 0 fully saturated rings. The fraction of sp³-hybridized carbons (Fsp3) is 0.0714. The molecule has 2 rings (SSSR count). The largest absolute Gasteiger partial charge is 0.496 e. The Morgan fingerprint density at radius 1 is 1.06 bits per heavy atom. The number of carboxylic acids is 1. The van der Waals surface area contributed by atoms with Crippen molar-refractivity contribution in [1.82, 2.24) is 0 Å². The molecule has 0 heterocycles. The first kappa shape index (κ1) is 12.0. The first-order chi connectivity index (χ1) is 8.70. The van der Waals surface area contributed by atoms with Crippen molar-refractivity contribution in [2.24, 2.45) is 0 Å². The first-order valence-electron chi connectivity index (χ1n) is 5.35. The van der Waals surface area contributed by atoms with E-state index in [0.29, 0.717) is 11.5 Å². The minimum Gasteiger partial charge on any atom is -0.496 e. The van der Waals surface area contributed by atoms with Crippen molar-refractivity contribution < 1.29 is 19.4 Å². The summed E-state index contributed by atoms with van der Waals surface area (Å²) < 4.78 is 10.6. The average molecular weight is 244 g/mol. The van der Waals surface area contributed by atoms with Gasteiger partial charge in [0.25, 0.3) is 0 Å². The Bertz CT molecular complexity index is 549. The molecule has 0 radical (unpaired) electrons. The zero-order valence-corrected chi connectivity index (χ0v) is 9.79. The number of methoxy groups -OCH3 is 1. The summed E-state index contributed by atoms with van der Waals surface area (Å²) in [4.78, 5) is 10.9. The highest BCUT2D eigenvalue weighted by atomic mass is 16.5. The van der Waals surface area contributed by atoms with Crippen LogP contribution in [0.3, 0.4) is 0 Å².